The number of nitrogens with one attached hydrogen (secondary N) is 5. The van der Waals surface area contributed by atoms with E-state index in [1.54, 1.807) is 106 Å². The number of carboxylic acid groups (broad SMARTS) is 1. The van der Waals surface area contributed by atoms with E-state index in [0.29, 0.717) is 79.0 Å². The van der Waals surface area contributed by atoms with Crippen molar-refractivity contribution in [3.8, 4) is 17.2 Å². The molecule has 0 spiro atoms. The summed E-state index contributed by atoms with van der Waals surface area (Å²) in [4.78, 5) is 39.1. The number of methoxy groups -OCH3 is 3. The summed E-state index contributed by atoms with van der Waals surface area (Å²) in [5.41, 5.74) is 14.2. The van der Waals surface area contributed by atoms with Crippen molar-refractivity contribution in [2.75, 3.05) is 47.5 Å². The molecule has 15 rings (SSSR count). The number of aliphatic imine (C=N–C) groups is 3. The van der Waals surface area contributed by atoms with Crippen LogP contribution in [0.5, 0.6) is 17.2 Å². The van der Waals surface area contributed by atoms with E-state index in [0.717, 1.165) is 163 Å². The smallest absolute Gasteiger partial charge is 0.306 e. The molecule has 106 heavy (non-hydrogen) atoms. The fraction of sp³-hybridized carbons (Fsp3) is 0.494. The minimum atomic E-state index is -3.49. The summed E-state index contributed by atoms with van der Waals surface area (Å²) < 4.78 is 98.1. The van der Waals surface area contributed by atoms with Gasteiger partial charge in [0.1, 0.15) is 23.1 Å². The summed E-state index contributed by atoms with van der Waals surface area (Å²) in [6.07, 6.45) is 19.4. The molecule has 9 aliphatic rings. The van der Waals surface area contributed by atoms with Crippen LogP contribution in [0.3, 0.4) is 0 Å². The van der Waals surface area contributed by atoms with Crippen molar-refractivity contribution >= 4 is 71.9 Å². The third-order valence-corrected chi connectivity index (χ3v) is 27.4. The van der Waals surface area contributed by atoms with E-state index in [9.17, 15) is 34.8 Å². The number of hydrogen-bond acceptors (Lipinski definition) is 15. The molecule has 0 bridgehead atoms. The van der Waals surface area contributed by atoms with Crippen molar-refractivity contribution in [2.45, 2.75) is 185 Å². The highest BCUT2D eigenvalue weighted by molar-refractivity contribution is 7.90. The third kappa shape index (κ3) is 20.3. The fourth-order valence-electron chi connectivity index (χ4n) is 16.9. The van der Waals surface area contributed by atoms with Gasteiger partial charge >= 0.3 is 5.97 Å². The Morgan fingerprint density at radius 1 is 0.481 bits per heavy atom. The minimum Gasteiger partial charge on any atom is -0.497 e. The van der Waals surface area contributed by atoms with Crippen LogP contribution in [-0.4, -0.2) is 125 Å². The first-order valence-electron chi connectivity index (χ1n) is 37.6. The average molecular weight is 1530 g/mol. The van der Waals surface area contributed by atoms with Crippen molar-refractivity contribution in [3.05, 3.63) is 179 Å². The Kier molecular flexibility index (Phi) is 27.3. The van der Waals surface area contributed by atoms with E-state index in [2.05, 4.69) is 72.3 Å². The molecule has 3 aliphatic heterocycles. The second-order valence-electron chi connectivity index (χ2n) is 29.8. The van der Waals surface area contributed by atoms with Gasteiger partial charge in [0.25, 0.3) is 0 Å². The minimum absolute atomic E-state index is 0. The highest BCUT2D eigenvalue weighted by Crippen LogP contribution is 2.44. The van der Waals surface area contributed by atoms with E-state index in [4.69, 9.17) is 35.0 Å². The number of halogens is 1. The predicted molar refractivity (Wildman–Crippen MR) is 416 cm³/mol. The largest absolute Gasteiger partial charge is 0.497 e. The number of amidine groups is 3. The molecular formula is C81H104ClN9O12S3. The van der Waals surface area contributed by atoms with Crippen molar-refractivity contribution < 1.29 is 54.2 Å². The van der Waals surface area contributed by atoms with Crippen LogP contribution in [0, 0.1) is 35.5 Å². The van der Waals surface area contributed by atoms with E-state index in [1.807, 2.05) is 18.2 Å². The van der Waals surface area contributed by atoms with Crippen molar-refractivity contribution in [1.29, 1.82) is 0 Å². The lowest BCUT2D eigenvalue weighted by Crippen LogP contribution is -2.38. The number of carbonyl (C=O) groups excluding carboxylic acids is 1. The van der Waals surface area contributed by atoms with Gasteiger partial charge < -0.3 is 35.7 Å². The Hall–Kier alpha value is -7.71. The molecule has 570 valence electrons. The average Bonchev–Trinajstić information content (AvgIpc) is 1.62. The molecule has 6 aromatic rings. The number of nitrogens with zero attached hydrogens (tertiary/aromatic N) is 3. The quantitative estimate of drug-likeness (QED) is 0.0397. The molecule has 8 N–H and O–H groups in total. The number of amides is 1. The van der Waals surface area contributed by atoms with Gasteiger partial charge in [-0.2, -0.15) is 0 Å². The molecule has 0 aromatic heterocycles. The molecule has 6 aromatic carbocycles. The van der Waals surface area contributed by atoms with E-state index >= 15 is 0 Å². The molecule has 4 fully saturated rings. The SMILES string of the molecule is COc1ccc2c(c1)CC[C@H]1N=C(N)C[C@@H]21.COc1ccc2c(c1)CC[C@H]1N=C(NC(=O)C3CCC(CNS(=O)(=O)c4ccccc4)CC3)C[C@@H]21.COc1ccc2c(c1)CC[C@H]1NC(=NCC3CCC(CNS(=O)(=O)c4ccccc4)CC3)C[C@@H]21.Cl.O=C(O)C1CCC(CNS(=O)(=O)c2ccccc2)CC1. The molecule has 0 radical (unpaired) electrons. The van der Waals surface area contributed by atoms with Gasteiger partial charge in [0.2, 0.25) is 36.0 Å². The van der Waals surface area contributed by atoms with Gasteiger partial charge in [0.05, 0.1) is 65.7 Å². The van der Waals surface area contributed by atoms with Crippen molar-refractivity contribution in [2.24, 2.45) is 56.2 Å². The first kappa shape index (κ1) is 79.3. The van der Waals surface area contributed by atoms with E-state index in [-0.39, 0.29) is 57.8 Å². The number of nitrogens with two attached hydrogens (primary N) is 1. The monoisotopic (exact) mass is 1530 g/mol. The molecule has 3 heterocycles. The van der Waals surface area contributed by atoms with E-state index < -0.39 is 36.0 Å². The highest BCUT2D eigenvalue weighted by atomic mass is 35.5. The van der Waals surface area contributed by atoms with Crippen LogP contribution in [0.1, 0.15) is 167 Å². The van der Waals surface area contributed by atoms with Crippen LogP contribution in [0.4, 0.5) is 0 Å². The second kappa shape index (κ2) is 36.5. The number of benzene rings is 6. The number of rotatable bonds is 19. The number of carbonyl (C=O) groups is 2. The Bertz CT molecular complexity index is 4420. The number of carboxylic acids is 1. The molecule has 1 saturated heterocycles. The Labute approximate surface area is 632 Å². The Morgan fingerprint density at radius 2 is 0.868 bits per heavy atom. The van der Waals surface area contributed by atoms with Crippen LogP contribution < -0.4 is 44.7 Å². The maximum Gasteiger partial charge on any atom is 0.306 e. The molecule has 6 aliphatic carbocycles. The zero-order chi connectivity index (χ0) is 73.7. The highest BCUT2D eigenvalue weighted by Gasteiger charge is 2.40. The van der Waals surface area contributed by atoms with Crippen LogP contribution >= 0.6 is 12.4 Å². The van der Waals surface area contributed by atoms with Crippen LogP contribution in [0.15, 0.2) is 175 Å². The number of aliphatic carboxylic acids is 1. The normalized spacial score (nSPS) is 25.9. The van der Waals surface area contributed by atoms with E-state index in [1.165, 1.54) is 33.4 Å². The summed E-state index contributed by atoms with van der Waals surface area (Å²) in [7, 11) is -5.24. The standard InChI is InChI=1S/C27H33N3O4S.C27H35N3O3S.C14H19NO4S.C13H16N2O.ClH/c1-34-21-12-13-23-20(15-21)11-14-25-24(23)16-26(29-25)30-27(31)19-9-7-18(8-10-19)17-28-35(32,33)22-5-3-2-4-6-22;1-33-22-12-13-24-21(15-22)11-14-26-25(24)16-27(30-26)28-17-19-7-9-20(10-8-19)18-29-34(31,32)23-5-3-2-4-6-23;16-14(17)12-8-6-11(7-9-12)10-15-20(18,19)13-4-2-1-3-5-13;1-16-9-3-4-10-8(6-9)2-5-12-11(10)7-13(14)15-12;/h2-6,12-13,15,18-19,24-25,28H,7-11,14,16-17H2,1H3,(H,29,30,31);2-6,12-13,15,19-20,25-26,29H,7-11,14,16-18H2,1H3,(H,28,30);1-5,11-12,15H,6-10H2,(H,16,17);3-4,6,11-12H,2,5,7H2,1H3,(H2,14,15);1H/t18?,19?,24-,25+;19?,20?,25-,26+;;11-,12+;/m00.0./s1. The molecule has 3 saturated carbocycles. The first-order valence-corrected chi connectivity index (χ1v) is 42.0. The lowest BCUT2D eigenvalue weighted by molar-refractivity contribution is -0.143. The zero-order valence-electron chi connectivity index (χ0n) is 61.0. The lowest BCUT2D eigenvalue weighted by atomic mass is 9.79. The molecule has 6 atom stereocenters. The number of sulfonamides is 3. The summed E-state index contributed by atoms with van der Waals surface area (Å²) in [5, 5.41) is 15.8. The Balaban J connectivity index is 0.000000147. The predicted octanol–water partition coefficient (Wildman–Crippen LogP) is 12.2. The van der Waals surface area contributed by atoms with Gasteiger partial charge in [-0.15, -0.1) is 12.4 Å². The maximum absolute atomic E-state index is 13.0. The molecular weight excluding hydrogens is 1420 g/mol. The molecule has 0 unspecified atom stereocenters. The summed E-state index contributed by atoms with van der Waals surface area (Å²) >= 11 is 0. The van der Waals surface area contributed by atoms with Crippen LogP contribution in [0.25, 0.3) is 0 Å². The number of fused-ring (bicyclic) bond motifs is 9. The summed E-state index contributed by atoms with van der Waals surface area (Å²) in [6, 6.07) is 45.6. The van der Waals surface area contributed by atoms with Crippen molar-refractivity contribution in [3.63, 3.8) is 0 Å². The van der Waals surface area contributed by atoms with Crippen LogP contribution in [-0.2, 0) is 58.9 Å². The zero-order valence-corrected chi connectivity index (χ0v) is 64.2. The summed E-state index contributed by atoms with van der Waals surface area (Å²) in [5.74, 6) is 7.40. The molecule has 25 heteroatoms. The van der Waals surface area contributed by atoms with Crippen LogP contribution in [0.2, 0.25) is 0 Å². The third-order valence-electron chi connectivity index (χ3n) is 23.1. The molecule has 1 amide bonds. The van der Waals surface area contributed by atoms with Crippen molar-refractivity contribution in [1.82, 2.24) is 24.8 Å². The van der Waals surface area contributed by atoms with Gasteiger partial charge in [-0.1, -0.05) is 72.8 Å². The van der Waals surface area contributed by atoms with Gasteiger partial charge in [0, 0.05) is 75.2 Å². The topological polar surface area (TPSA) is 308 Å². The van der Waals surface area contributed by atoms with Gasteiger partial charge in [-0.05, 0) is 245 Å². The maximum atomic E-state index is 13.0. The summed E-state index contributed by atoms with van der Waals surface area (Å²) in [6.45, 7) is 2.18. The lowest BCUT2D eigenvalue weighted by Gasteiger charge is -2.28. The fourth-order valence-corrected chi connectivity index (χ4v) is 20.4. The number of ether oxygens (including phenoxy) is 3. The Morgan fingerprint density at radius 3 is 1.30 bits per heavy atom. The number of aryl methyl sites for hydroxylation is 3. The van der Waals surface area contributed by atoms with Gasteiger partial charge in [0.15, 0.2) is 0 Å². The number of hydrogen-bond donors (Lipinski definition) is 7. The second-order valence-corrected chi connectivity index (χ2v) is 35.1. The molecule has 21 nitrogen and oxygen atoms in total. The van der Waals surface area contributed by atoms with Gasteiger partial charge in [-0.3, -0.25) is 24.6 Å². The van der Waals surface area contributed by atoms with Gasteiger partial charge in [-0.25, -0.2) is 39.4 Å². The first-order chi connectivity index (χ1) is 50.7.